The molecule has 1 spiro atoms. The summed E-state index contributed by atoms with van der Waals surface area (Å²) in [5.41, 5.74) is 6.84. The van der Waals surface area contributed by atoms with Crippen molar-refractivity contribution in [2.45, 2.75) is 57.5 Å². The molecule has 2 aliphatic rings. The molecule has 0 atom stereocenters. The summed E-state index contributed by atoms with van der Waals surface area (Å²) in [6, 6.07) is 2.27. The maximum atomic E-state index is 13.1. The van der Waals surface area contributed by atoms with Crippen LogP contribution in [0.5, 0.6) is 0 Å². The van der Waals surface area contributed by atoms with Crippen LogP contribution in [0.1, 0.15) is 65.0 Å². The fraction of sp³-hybridized carbons (Fsp3) is 0.654. The van der Waals surface area contributed by atoms with E-state index in [2.05, 4.69) is 35.2 Å². The quantitative estimate of drug-likeness (QED) is 0.444. The van der Waals surface area contributed by atoms with Crippen molar-refractivity contribution in [2.24, 2.45) is 5.73 Å². The summed E-state index contributed by atoms with van der Waals surface area (Å²) in [6.45, 7) is 10.1. The number of nitrogens with zero attached hydrogens (tertiary/aromatic N) is 3. The summed E-state index contributed by atoms with van der Waals surface area (Å²) in [7, 11) is 0. The zero-order valence-corrected chi connectivity index (χ0v) is 23.0. The standard InChI is InChI=1S/C26H38N4O4S2/c1-19(2)24-28-22(17-36-24)25(32)30-11-14-34-26(18-30)6-9-29(10-7-26)8-3-20-15-21(35-16-20)4-12-33-13-5-23(27)31/h15-17,19H,3-14,18H2,1-2H3,(H2,27,31). The van der Waals surface area contributed by atoms with Gasteiger partial charge in [-0.25, -0.2) is 4.98 Å². The van der Waals surface area contributed by atoms with E-state index < -0.39 is 0 Å². The Labute approximate surface area is 221 Å². The normalized spacial score (nSPS) is 18.2. The van der Waals surface area contributed by atoms with Gasteiger partial charge in [0.1, 0.15) is 5.69 Å². The number of amides is 2. The summed E-state index contributed by atoms with van der Waals surface area (Å²) in [5, 5.41) is 5.15. The molecule has 2 aliphatic heterocycles. The van der Waals surface area contributed by atoms with Gasteiger partial charge in [-0.3, -0.25) is 9.59 Å². The van der Waals surface area contributed by atoms with Crippen LogP contribution in [0.4, 0.5) is 0 Å². The number of ether oxygens (including phenoxy) is 2. The number of thiazole rings is 1. The number of carbonyl (C=O) groups is 2. The fourth-order valence-electron chi connectivity index (χ4n) is 4.74. The van der Waals surface area contributed by atoms with E-state index in [9.17, 15) is 9.59 Å². The van der Waals surface area contributed by atoms with Crippen LogP contribution in [0, 0.1) is 0 Å². The average molecular weight is 535 g/mol. The minimum atomic E-state index is -0.325. The number of primary amides is 1. The number of carbonyl (C=O) groups excluding carboxylic acids is 2. The topological polar surface area (TPSA) is 98.0 Å². The Balaban J connectivity index is 1.19. The first-order valence-electron chi connectivity index (χ1n) is 12.9. The molecule has 2 saturated heterocycles. The van der Waals surface area contributed by atoms with Crippen molar-refractivity contribution in [3.63, 3.8) is 0 Å². The van der Waals surface area contributed by atoms with Crippen molar-refractivity contribution in [3.05, 3.63) is 38.0 Å². The number of nitrogens with two attached hydrogens (primary N) is 1. The smallest absolute Gasteiger partial charge is 0.273 e. The van der Waals surface area contributed by atoms with E-state index in [0.29, 0.717) is 44.5 Å². The van der Waals surface area contributed by atoms with Crippen LogP contribution in [0.3, 0.4) is 0 Å². The maximum Gasteiger partial charge on any atom is 0.273 e. The summed E-state index contributed by atoms with van der Waals surface area (Å²) in [6.07, 6.45) is 4.06. The molecule has 8 nitrogen and oxygen atoms in total. The Morgan fingerprint density at radius 1 is 1.17 bits per heavy atom. The second-order valence-corrected chi connectivity index (χ2v) is 12.0. The first-order chi connectivity index (χ1) is 17.3. The molecule has 4 rings (SSSR count). The number of aromatic nitrogens is 1. The third-order valence-electron chi connectivity index (χ3n) is 6.95. The van der Waals surface area contributed by atoms with Crippen LogP contribution >= 0.6 is 22.7 Å². The molecule has 4 heterocycles. The Kier molecular flexibility index (Phi) is 9.52. The number of piperidine rings is 1. The van der Waals surface area contributed by atoms with Gasteiger partial charge in [-0.1, -0.05) is 13.8 Å². The Morgan fingerprint density at radius 3 is 2.69 bits per heavy atom. The summed E-state index contributed by atoms with van der Waals surface area (Å²) < 4.78 is 11.8. The first kappa shape index (κ1) is 27.2. The Hall–Kier alpha value is -1.85. The van der Waals surface area contributed by atoms with E-state index in [1.165, 1.54) is 10.4 Å². The number of hydrogen-bond acceptors (Lipinski definition) is 8. The van der Waals surface area contributed by atoms with Crippen molar-refractivity contribution in [2.75, 3.05) is 52.5 Å². The molecule has 0 aliphatic carbocycles. The highest BCUT2D eigenvalue weighted by Gasteiger charge is 2.41. The largest absolute Gasteiger partial charge is 0.381 e. The third kappa shape index (κ3) is 7.35. The lowest BCUT2D eigenvalue weighted by Crippen LogP contribution is -2.58. The van der Waals surface area contributed by atoms with E-state index >= 15 is 0 Å². The second kappa shape index (κ2) is 12.6. The number of morpholine rings is 1. The van der Waals surface area contributed by atoms with Gasteiger partial charge in [0, 0.05) is 55.2 Å². The van der Waals surface area contributed by atoms with Gasteiger partial charge >= 0.3 is 0 Å². The number of thiophene rings is 1. The SMILES string of the molecule is CC(C)c1nc(C(=O)N2CCOC3(CCN(CCc4csc(CCOCCC(N)=O)c4)CC3)C2)cs1. The molecular formula is C26H38N4O4S2. The Bertz CT molecular complexity index is 1010. The van der Waals surface area contributed by atoms with E-state index in [1.807, 2.05) is 10.3 Å². The lowest BCUT2D eigenvalue weighted by molar-refractivity contribution is -0.127. The highest BCUT2D eigenvalue weighted by molar-refractivity contribution is 7.10. The van der Waals surface area contributed by atoms with E-state index in [-0.39, 0.29) is 23.8 Å². The summed E-state index contributed by atoms with van der Waals surface area (Å²) in [4.78, 5) is 34.2. The molecule has 0 aromatic carbocycles. The van der Waals surface area contributed by atoms with Gasteiger partial charge in [-0.2, -0.15) is 0 Å². The molecule has 198 valence electrons. The van der Waals surface area contributed by atoms with Gasteiger partial charge in [-0.15, -0.1) is 22.7 Å². The molecular weight excluding hydrogens is 496 g/mol. The number of hydrogen-bond donors (Lipinski definition) is 1. The average Bonchev–Trinajstić information content (AvgIpc) is 3.53. The minimum absolute atomic E-state index is 0.0368. The number of likely N-dealkylation sites (tertiary alicyclic amines) is 1. The minimum Gasteiger partial charge on any atom is -0.381 e. The lowest BCUT2D eigenvalue weighted by Gasteiger charge is -2.47. The van der Waals surface area contributed by atoms with Gasteiger partial charge in [0.25, 0.3) is 5.91 Å². The maximum absolute atomic E-state index is 13.1. The molecule has 0 unspecified atom stereocenters. The number of rotatable bonds is 11. The Morgan fingerprint density at radius 2 is 1.97 bits per heavy atom. The highest BCUT2D eigenvalue weighted by atomic mass is 32.1. The lowest BCUT2D eigenvalue weighted by atomic mass is 9.89. The zero-order valence-electron chi connectivity index (χ0n) is 21.4. The molecule has 36 heavy (non-hydrogen) atoms. The molecule has 10 heteroatoms. The molecule has 2 fully saturated rings. The van der Waals surface area contributed by atoms with Crippen LogP contribution in [0.15, 0.2) is 16.8 Å². The summed E-state index contributed by atoms with van der Waals surface area (Å²) in [5.74, 6) is 0.0506. The van der Waals surface area contributed by atoms with E-state index in [4.69, 9.17) is 15.2 Å². The molecule has 2 aromatic rings. The monoisotopic (exact) mass is 534 g/mol. The third-order valence-corrected chi connectivity index (χ3v) is 9.14. The van der Waals surface area contributed by atoms with Crippen molar-refractivity contribution in [3.8, 4) is 0 Å². The van der Waals surface area contributed by atoms with Crippen molar-refractivity contribution in [1.82, 2.24) is 14.8 Å². The van der Waals surface area contributed by atoms with Crippen molar-refractivity contribution < 1.29 is 19.1 Å². The van der Waals surface area contributed by atoms with Gasteiger partial charge < -0.3 is 25.0 Å². The zero-order chi connectivity index (χ0) is 25.5. The first-order valence-corrected chi connectivity index (χ1v) is 14.6. The predicted octanol–water partition coefficient (Wildman–Crippen LogP) is 3.31. The molecule has 2 N–H and O–H groups in total. The second-order valence-electron chi connectivity index (χ2n) is 10.1. The van der Waals surface area contributed by atoms with Gasteiger partial charge in [-0.05, 0) is 36.3 Å². The van der Waals surface area contributed by atoms with Crippen LogP contribution in [-0.2, 0) is 27.1 Å². The van der Waals surface area contributed by atoms with Crippen LogP contribution < -0.4 is 5.73 Å². The molecule has 0 bridgehead atoms. The van der Waals surface area contributed by atoms with Gasteiger partial charge in [0.05, 0.1) is 37.0 Å². The van der Waals surface area contributed by atoms with Gasteiger partial charge in [0.15, 0.2) is 0 Å². The molecule has 2 amide bonds. The van der Waals surface area contributed by atoms with Crippen molar-refractivity contribution >= 4 is 34.5 Å². The van der Waals surface area contributed by atoms with Crippen LogP contribution in [-0.4, -0.2) is 84.7 Å². The van der Waals surface area contributed by atoms with E-state index in [1.54, 1.807) is 22.7 Å². The van der Waals surface area contributed by atoms with Gasteiger partial charge in [0.2, 0.25) is 5.91 Å². The predicted molar refractivity (Wildman–Crippen MR) is 143 cm³/mol. The highest BCUT2D eigenvalue weighted by Crippen LogP contribution is 2.31. The molecule has 0 radical (unpaired) electrons. The molecule has 2 aromatic heterocycles. The fourth-order valence-corrected chi connectivity index (χ4v) is 6.46. The molecule has 0 saturated carbocycles. The summed E-state index contributed by atoms with van der Waals surface area (Å²) >= 11 is 3.34. The van der Waals surface area contributed by atoms with E-state index in [0.717, 1.165) is 50.3 Å². The van der Waals surface area contributed by atoms with Crippen molar-refractivity contribution in [1.29, 1.82) is 0 Å². The van der Waals surface area contributed by atoms with Crippen LogP contribution in [0.25, 0.3) is 0 Å². The van der Waals surface area contributed by atoms with Crippen LogP contribution in [0.2, 0.25) is 0 Å².